The summed E-state index contributed by atoms with van der Waals surface area (Å²) in [4.78, 5) is 12.3. The molecule has 0 radical (unpaired) electrons. The molecule has 0 bridgehead atoms. The summed E-state index contributed by atoms with van der Waals surface area (Å²) in [5, 5.41) is 7.86. The molecule has 0 aromatic heterocycles. The van der Waals surface area contributed by atoms with Gasteiger partial charge in [-0.3, -0.25) is 4.79 Å². The van der Waals surface area contributed by atoms with E-state index in [1.54, 1.807) is 6.07 Å². The number of piperidine rings is 1. The van der Waals surface area contributed by atoms with Crippen molar-refractivity contribution >= 4 is 29.1 Å². The zero-order chi connectivity index (χ0) is 15.0. The second-order valence-electron chi connectivity index (χ2n) is 6.24. The topological polar surface area (TPSA) is 41.1 Å². The van der Waals surface area contributed by atoms with Gasteiger partial charge in [0, 0.05) is 28.0 Å². The molecule has 4 unspecified atom stereocenters. The summed E-state index contributed by atoms with van der Waals surface area (Å²) in [5.74, 6) is 0.514. The highest BCUT2D eigenvalue weighted by atomic mass is 35.5. The number of nitrogens with one attached hydrogen (secondary N) is 2. The number of carbonyl (C=O) groups is 1. The van der Waals surface area contributed by atoms with Crippen molar-refractivity contribution in [3.63, 3.8) is 0 Å². The Labute approximate surface area is 135 Å². The first-order chi connectivity index (χ1) is 10.0. The van der Waals surface area contributed by atoms with Gasteiger partial charge in [-0.1, -0.05) is 23.2 Å². The first kappa shape index (κ1) is 15.1. The maximum Gasteiger partial charge on any atom is 0.223 e. The Hall–Kier alpha value is -0.770. The number of halogens is 2. The molecule has 2 N–H and O–H groups in total. The van der Waals surface area contributed by atoms with E-state index in [-0.39, 0.29) is 17.7 Å². The fraction of sp³-hybridized carbons (Fsp3) is 0.562. The van der Waals surface area contributed by atoms with Crippen molar-refractivity contribution in [3.05, 3.63) is 33.8 Å². The van der Waals surface area contributed by atoms with E-state index in [0.717, 1.165) is 31.4 Å². The monoisotopic (exact) mass is 326 g/mol. The van der Waals surface area contributed by atoms with Crippen molar-refractivity contribution in [1.82, 2.24) is 10.6 Å². The van der Waals surface area contributed by atoms with Crippen molar-refractivity contribution in [1.29, 1.82) is 0 Å². The number of hydrogen-bond acceptors (Lipinski definition) is 2. The molecule has 21 heavy (non-hydrogen) atoms. The lowest BCUT2D eigenvalue weighted by atomic mass is 10.0. The molecule has 0 spiro atoms. The minimum atomic E-state index is 0.0738. The lowest BCUT2D eigenvalue weighted by Crippen LogP contribution is -2.47. The molecule has 1 amide bonds. The lowest BCUT2D eigenvalue weighted by Gasteiger charge is -2.28. The van der Waals surface area contributed by atoms with Crippen LogP contribution in [0.15, 0.2) is 18.2 Å². The molecule has 2 aliphatic rings. The van der Waals surface area contributed by atoms with Crippen molar-refractivity contribution < 1.29 is 4.79 Å². The fourth-order valence-electron chi connectivity index (χ4n) is 3.21. The molecule has 5 heteroatoms. The van der Waals surface area contributed by atoms with Crippen LogP contribution in [0.5, 0.6) is 0 Å². The van der Waals surface area contributed by atoms with Gasteiger partial charge < -0.3 is 10.6 Å². The van der Waals surface area contributed by atoms with Gasteiger partial charge in [-0.05, 0) is 62.4 Å². The van der Waals surface area contributed by atoms with Gasteiger partial charge in [-0.25, -0.2) is 0 Å². The third-order valence-electron chi connectivity index (χ3n) is 4.41. The van der Waals surface area contributed by atoms with E-state index in [1.807, 2.05) is 12.1 Å². The predicted octanol–water partition coefficient (Wildman–Crippen LogP) is 3.35. The van der Waals surface area contributed by atoms with Crippen LogP contribution >= 0.6 is 23.2 Å². The molecule has 3 rings (SSSR count). The largest absolute Gasteiger partial charge is 0.353 e. The molecule has 1 aliphatic carbocycles. The van der Waals surface area contributed by atoms with Crippen molar-refractivity contribution in [2.24, 2.45) is 5.92 Å². The van der Waals surface area contributed by atoms with E-state index < -0.39 is 0 Å². The van der Waals surface area contributed by atoms with E-state index in [2.05, 4.69) is 17.6 Å². The minimum Gasteiger partial charge on any atom is -0.353 e. The van der Waals surface area contributed by atoms with E-state index >= 15 is 0 Å². The van der Waals surface area contributed by atoms with Crippen LogP contribution in [0, 0.1) is 5.92 Å². The molecule has 2 fully saturated rings. The Balaban J connectivity index is 1.58. The van der Waals surface area contributed by atoms with Crippen molar-refractivity contribution in [2.45, 2.75) is 44.2 Å². The highest BCUT2D eigenvalue weighted by molar-refractivity contribution is 6.34. The summed E-state index contributed by atoms with van der Waals surface area (Å²) < 4.78 is 0. The van der Waals surface area contributed by atoms with E-state index in [0.29, 0.717) is 22.1 Å². The molecule has 1 saturated heterocycles. The number of carbonyl (C=O) groups excluding carboxylic acids is 1. The Morgan fingerprint density at radius 3 is 2.62 bits per heavy atom. The van der Waals surface area contributed by atoms with Gasteiger partial charge in [0.25, 0.3) is 0 Å². The van der Waals surface area contributed by atoms with Gasteiger partial charge in [0.2, 0.25) is 5.91 Å². The van der Waals surface area contributed by atoms with Gasteiger partial charge in [-0.2, -0.15) is 0 Å². The lowest BCUT2D eigenvalue weighted by molar-refractivity contribution is -0.123. The van der Waals surface area contributed by atoms with Crippen molar-refractivity contribution in [3.8, 4) is 0 Å². The fourth-order valence-corrected chi connectivity index (χ4v) is 3.76. The zero-order valence-corrected chi connectivity index (χ0v) is 13.5. The van der Waals surface area contributed by atoms with Gasteiger partial charge >= 0.3 is 0 Å². The maximum atomic E-state index is 12.3. The molecule has 4 atom stereocenters. The molecule has 1 aliphatic heterocycles. The Morgan fingerprint density at radius 1 is 1.24 bits per heavy atom. The third-order valence-corrected chi connectivity index (χ3v) is 4.85. The van der Waals surface area contributed by atoms with Crippen molar-refractivity contribution in [2.75, 3.05) is 6.54 Å². The Kier molecular flexibility index (Phi) is 4.43. The molecule has 114 valence electrons. The van der Waals surface area contributed by atoms with Gasteiger partial charge in [-0.15, -0.1) is 0 Å². The van der Waals surface area contributed by atoms with E-state index in [1.165, 1.54) is 0 Å². The smallest absolute Gasteiger partial charge is 0.223 e. The number of benzene rings is 1. The summed E-state index contributed by atoms with van der Waals surface area (Å²) in [7, 11) is 0. The first-order valence-corrected chi connectivity index (χ1v) is 8.28. The van der Waals surface area contributed by atoms with E-state index in [4.69, 9.17) is 23.2 Å². The van der Waals surface area contributed by atoms with Crippen LogP contribution in [0.25, 0.3) is 0 Å². The van der Waals surface area contributed by atoms with Gasteiger partial charge in [0.05, 0.1) is 0 Å². The molecule has 3 nitrogen and oxygen atoms in total. The molecular weight excluding hydrogens is 307 g/mol. The predicted molar refractivity (Wildman–Crippen MR) is 85.9 cm³/mol. The minimum absolute atomic E-state index is 0.0738. The molecular formula is C16H20Cl2N2O. The van der Waals surface area contributed by atoms with Crippen LogP contribution in [-0.4, -0.2) is 24.5 Å². The number of rotatable bonds is 3. The van der Waals surface area contributed by atoms with Crippen LogP contribution < -0.4 is 10.6 Å². The van der Waals surface area contributed by atoms with E-state index in [9.17, 15) is 4.79 Å². The van der Waals surface area contributed by atoms with Crippen LogP contribution in [-0.2, 0) is 4.79 Å². The summed E-state index contributed by atoms with van der Waals surface area (Å²) in [6.07, 6.45) is 2.91. The average Bonchev–Trinajstić information content (AvgIpc) is 3.17. The zero-order valence-electron chi connectivity index (χ0n) is 12.0. The number of amides is 1. The SMILES string of the molecule is CC1CC(NC(=O)C2CC2c2cc(Cl)cc(Cl)c2)CCN1. The standard InChI is InChI=1S/C16H20Cl2N2O/c1-9-4-13(2-3-19-9)20-16(21)15-8-14(15)10-5-11(17)7-12(18)6-10/h5-7,9,13-15,19H,2-4,8H2,1H3,(H,20,21). The number of hydrogen-bond donors (Lipinski definition) is 2. The van der Waals surface area contributed by atoms with Gasteiger partial charge in [0.15, 0.2) is 0 Å². The molecule has 1 aromatic carbocycles. The molecule has 1 heterocycles. The summed E-state index contributed by atoms with van der Waals surface area (Å²) in [5.41, 5.74) is 1.08. The maximum absolute atomic E-state index is 12.3. The molecule has 1 saturated carbocycles. The van der Waals surface area contributed by atoms with Crippen LogP contribution in [0.4, 0.5) is 0 Å². The van der Waals surface area contributed by atoms with Crippen LogP contribution in [0.2, 0.25) is 10.0 Å². The summed E-state index contributed by atoms with van der Waals surface area (Å²) >= 11 is 12.1. The summed E-state index contributed by atoms with van der Waals surface area (Å²) in [6, 6.07) is 6.33. The second-order valence-corrected chi connectivity index (χ2v) is 7.11. The highest BCUT2D eigenvalue weighted by Gasteiger charge is 2.44. The molecule has 1 aromatic rings. The Morgan fingerprint density at radius 2 is 1.95 bits per heavy atom. The normalized spacial score (nSPS) is 31.8. The van der Waals surface area contributed by atoms with Crippen LogP contribution in [0.3, 0.4) is 0 Å². The van der Waals surface area contributed by atoms with Crippen LogP contribution in [0.1, 0.15) is 37.7 Å². The third kappa shape index (κ3) is 3.71. The van der Waals surface area contributed by atoms with Gasteiger partial charge in [0.1, 0.15) is 0 Å². The summed E-state index contributed by atoms with van der Waals surface area (Å²) in [6.45, 7) is 3.14. The highest BCUT2D eigenvalue weighted by Crippen LogP contribution is 2.48. The first-order valence-electron chi connectivity index (χ1n) is 7.52. The second kappa shape index (κ2) is 6.15. The Bertz CT molecular complexity index is 529. The quantitative estimate of drug-likeness (QED) is 0.894. The average molecular weight is 327 g/mol.